The molecule has 0 aliphatic carbocycles. The van der Waals surface area contributed by atoms with Gasteiger partial charge in [0.25, 0.3) is 0 Å². The molecule has 0 aromatic rings. The number of hydrogen-bond donors (Lipinski definition) is 1. The van der Waals surface area contributed by atoms with Crippen LogP contribution in [0, 0.1) is 17.3 Å². The predicted octanol–water partition coefficient (Wildman–Crippen LogP) is 2.59. The number of nitrogens with two attached hydrogens (primary N) is 1. The van der Waals surface area contributed by atoms with Gasteiger partial charge in [0.15, 0.2) is 0 Å². The minimum absolute atomic E-state index is 0.112. The summed E-state index contributed by atoms with van der Waals surface area (Å²) < 4.78 is 5.23. The van der Waals surface area contributed by atoms with Gasteiger partial charge in [-0.3, -0.25) is 4.79 Å². The fourth-order valence-corrected chi connectivity index (χ4v) is 1.52. The van der Waals surface area contributed by atoms with Crippen LogP contribution in [0.5, 0.6) is 0 Å². The molecule has 3 heteroatoms. The van der Waals surface area contributed by atoms with Crippen LogP contribution in [-0.2, 0) is 9.53 Å². The number of hydrogen-bond acceptors (Lipinski definition) is 3. The van der Waals surface area contributed by atoms with Crippen LogP contribution in [0.2, 0.25) is 0 Å². The first-order valence-electron chi connectivity index (χ1n) is 6.13. The molecule has 0 aromatic heterocycles. The normalized spacial score (nSPS) is 13.9. The van der Waals surface area contributed by atoms with Crippen molar-refractivity contribution in [2.24, 2.45) is 23.0 Å². The summed E-state index contributed by atoms with van der Waals surface area (Å²) in [6.45, 7) is 11.4. The first-order chi connectivity index (χ1) is 7.26. The van der Waals surface area contributed by atoms with Crippen LogP contribution in [0.15, 0.2) is 0 Å². The largest absolute Gasteiger partial charge is 0.465 e. The molecular weight excluding hydrogens is 202 g/mol. The van der Waals surface area contributed by atoms with Crippen molar-refractivity contribution in [3.63, 3.8) is 0 Å². The maximum absolute atomic E-state index is 11.7. The van der Waals surface area contributed by atoms with Crippen LogP contribution in [0.3, 0.4) is 0 Å². The molecule has 0 fully saturated rings. The molecule has 16 heavy (non-hydrogen) atoms. The summed E-state index contributed by atoms with van der Waals surface area (Å²) in [5, 5.41) is 0. The van der Waals surface area contributed by atoms with Gasteiger partial charge in [-0.1, -0.05) is 34.6 Å². The standard InChI is InChI=1S/C13H27NO2/c1-10(2)6-7-16-12(15)11(9-14)8-13(3,4)5/h10-11H,6-9,14H2,1-5H3. The van der Waals surface area contributed by atoms with Crippen molar-refractivity contribution >= 4 is 5.97 Å². The van der Waals surface area contributed by atoms with E-state index in [1.807, 2.05) is 0 Å². The Balaban J connectivity index is 4.02. The molecule has 0 aliphatic rings. The van der Waals surface area contributed by atoms with Crippen molar-refractivity contribution in [3.8, 4) is 0 Å². The van der Waals surface area contributed by atoms with Crippen molar-refractivity contribution in [2.75, 3.05) is 13.2 Å². The Morgan fingerprint density at radius 2 is 1.88 bits per heavy atom. The monoisotopic (exact) mass is 229 g/mol. The van der Waals surface area contributed by atoms with Gasteiger partial charge in [0.2, 0.25) is 0 Å². The molecule has 3 nitrogen and oxygen atoms in total. The second-order valence-electron chi connectivity index (χ2n) is 6.05. The minimum Gasteiger partial charge on any atom is -0.465 e. The summed E-state index contributed by atoms with van der Waals surface area (Å²) in [4.78, 5) is 11.7. The molecule has 0 amide bonds. The second kappa shape index (κ2) is 6.89. The molecule has 0 bridgehead atoms. The molecule has 0 heterocycles. The fourth-order valence-electron chi connectivity index (χ4n) is 1.52. The molecule has 1 unspecified atom stereocenters. The molecule has 0 saturated carbocycles. The first kappa shape index (κ1) is 15.4. The fraction of sp³-hybridized carbons (Fsp3) is 0.923. The number of carbonyl (C=O) groups excluding carboxylic acids is 1. The lowest BCUT2D eigenvalue weighted by Gasteiger charge is -2.23. The van der Waals surface area contributed by atoms with E-state index in [-0.39, 0.29) is 17.3 Å². The Hall–Kier alpha value is -0.570. The maximum Gasteiger partial charge on any atom is 0.310 e. The summed E-state index contributed by atoms with van der Waals surface area (Å²) in [5.74, 6) is 0.261. The summed E-state index contributed by atoms with van der Waals surface area (Å²) in [6.07, 6.45) is 1.70. The lowest BCUT2D eigenvalue weighted by Crippen LogP contribution is -2.30. The third-order valence-corrected chi connectivity index (χ3v) is 2.42. The number of rotatable bonds is 6. The lowest BCUT2D eigenvalue weighted by atomic mass is 9.85. The van der Waals surface area contributed by atoms with Gasteiger partial charge in [0.1, 0.15) is 0 Å². The minimum atomic E-state index is -0.160. The maximum atomic E-state index is 11.7. The van der Waals surface area contributed by atoms with Crippen LogP contribution < -0.4 is 5.73 Å². The van der Waals surface area contributed by atoms with E-state index in [1.54, 1.807) is 0 Å². The molecular formula is C13H27NO2. The van der Waals surface area contributed by atoms with Gasteiger partial charge in [-0.15, -0.1) is 0 Å². The van der Waals surface area contributed by atoms with Gasteiger partial charge < -0.3 is 10.5 Å². The van der Waals surface area contributed by atoms with Crippen molar-refractivity contribution in [1.29, 1.82) is 0 Å². The Morgan fingerprint density at radius 1 is 1.31 bits per heavy atom. The quantitative estimate of drug-likeness (QED) is 0.712. The van der Waals surface area contributed by atoms with E-state index in [9.17, 15) is 4.79 Å². The van der Waals surface area contributed by atoms with E-state index >= 15 is 0 Å². The predicted molar refractivity (Wildman–Crippen MR) is 67.0 cm³/mol. The van der Waals surface area contributed by atoms with Crippen LogP contribution >= 0.6 is 0 Å². The van der Waals surface area contributed by atoms with E-state index in [1.165, 1.54) is 0 Å². The van der Waals surface area contributed by atoms with Gasteiger partial charge in [-0.25, -0.2) is 0 Å². The average molecular weight is 229 g/mol. The van der Waals surface area contributed by atoms with Gasteiger partial charge in [0, 0.05) is 6.54 Å². The third-order valence-electron chi connectivity index (χ3n) is 2.42. The summed E-state index contributed by atoms with van der Waals surface area (Å²) in [6, 6.07) is 0. The Labute approximate surface area is 99.7 Å². The van der Waals surface area contributed by atoms with Crippen LogP contribution in [0.25, 0.3) is 0 Å². The van der Waals surface area contributed by atoms with E-state index in [0.29, 0.717) is 19.1 Å². The summed E-state index contributed by atoms with van der Waals surface area (Å²) in [7, 11) is 0. The highest BCUT2D eigenvalue weighted by Crippen LogP contribution is 2.24. The lowest BCUT2D eigenvalue weighted by molar-refractivity contribution is -0.149. The smallest absolute Gasteiger partial charge is 0.310 e. The van der Waals surface area contributed by atoms with Crippen LogP contribution in [-0.4, -0.2) is 19.1 Å². The Kier molecular flexibility index (Phi) is 6.65. The third kappa shape index (κ3) is 7.69. The first-order valence-corrected chi connectivity index (χ1v) is 6.13. The zero-order valence-electron chi connectivity index (χ0n) is 11.4. The number of esters is 1. The highest BCUT2D eigenvalue weighted by Gasteiger charge is 2.24. The van der Waals surface area contributed by atoms with E-state index in [2.05, 4.69) is 34.6 Å². The molecule has 0 saturated heterocycles. The zero-order valence-corrected chi connectivity index (χ0v) is 11.4. The molecule has 0 radical (unpaired) electrons. The van der Waals surface area contributed by atoms with E-state index < -0.39 is 0 Å². The number of ether oxygens (including phenoxy) is 1. The number of carbonyl (C=O) groups is 1. The zero-order chi connectivity index (χ0) is 12.8. The second-order valence-corrected chi connectivity index (χ2v) is 6.05. The van der Waals surface area contributed by atoms with E-state index in [0.717, 1.165) is 12.8 Å². The van der Waals surface area contributed by atoms with Crippen molar-refractivity contribution in [1.82, 2.24) is 0 Å². The van der Waals surface area contributed by atoms with E-state index in [4.69, 9.17) is 10.5 Å². The molecule has 0 aliphatic heterocycles. The molecule has 0 aromatic carbocycles. The van der Waals surface area contributed by atoms with Gasteiger partial charge in [0.05, 0.1) is 12.5 Å². The molecule has 1 atom stereocenters. The van der Waals surface area contributed by atoms with Gasteiger partial charge in [-0.2, -0.15) is 0 Å². The van der Waals surface area contributed by atoms with Gasteiger partial charge in [-0.05, 0) is 24.2 Å². The molecule has 0 spiro atoms. The van der Waals surface area contributed by atoms with Crippen LogP contribution in [0.4, 0.5) is 0 Å². The highest BCUT2D eigenvalue weighted by atomic mass is 16.5. The molecule has 96 valence electrons. The Morgan fingerprint density at radius 3 is 2.25 bits per heavy atom. The van der Waals surface area contributed by atoms with Gasteiger partial charge >= 0.3 is 5.97 Å². The molecule has 2 N–H and O–H groups in total. The Bertz CT molecular complexity index is 206. The van der Waals surface area contributed by atoms with Crippen molar-refractivity contribution < 1.29 is 9.53 Å². The van der Waals surface area contributed by atoms with Crippen LogP contribution in [0.1, 0.15) is 47.5 Å². The summed E-state index contributed by atoms with van der Waals surface area (Å²) >= 11 is 0. The average Bonchev–Trinajstić information content (AvgIpc) is 2.11. The van der Waals surface area contributed by atoms with Crippen molar-refractivity contribution in [3.05, 3.63) is 0 Å². The topological polar surface area (TPSA) is 52.3 Å². The van der Waals surface area contributed by atoms with Crippen molar-refractivity contribution in [2.45, 2.75) is 47.5 Å². The SMILES string of the molecule is CC(C)CCOC(=O)C(CN)CC(C)(C)C. The highest BCUT2D eigenvalue weighted by molar-refractivity contribution is 5.72. The molecule has 0 rings (SSSR count). The summed E-state index contributed by atoms with van der Waals surface area (Å²) in [5.41, 5.74) is 5.72.